The largest absolute Gasteiger partial charge is 0.376 e. The summed E-state index contributed by atoms with van der Waals surface area (Å²) in [4.78, 5) is 11.1. The molecule has 2 heterocycles. The molecule has 28 heavy (non-hydrogen) atoms. The number of ether oxygens (including phenoxy) is 1. The highest BCUT2D eigenvalue weighted by atomic mass is 127. The first-order valence-electron chi connectivity index (χ1n) is 9.44. The van der Waals surface area contributed by atoms with Gasteiger partial charge in [-0.2, -0.15) is 0 Å². The Morgan fingerprint density at radius 1 is 1.39 bits per heavy atom. The Kier molecular flexibility index (Phi) is 11.2. The van der Waals surface area contributed by atoms with Gasteiger partial charge >= 0.3 is 0 Å². The maximum Gasteiger partial charge on any atom is 0.193 e. The van der Waals surface area contributed by atoms with Crippen molar-refractivity contribution in [3.05, 3.63) is 47.5 Å². The van der Waals surface area contributed by atoms with Gasteiger partial charge in [0, 0.05) is 49.9 Å². The average Bonchev–Trinajstić information content (AvgIpc) is 3.38. The zero-order valence-electron chi connectivity index (χ0n) is 16.3. The molecule has 0 spiro atoms. The number of nitrogens with zero attached hydrogens (tertiary/aromatic N) is 3. The number of hydrogen-bond donors (Lipinski definition) is 1. The van der Waals surface area contributed by atoms with Crippen LogP contribution in [0.1, 0.15) is 18.4 Å². The fourth-order valence-corrected chi connectivity index (χ4v) is 4.77. The zero-order chi connectivity index (χ0) is 18.7. The molecule has 1 unspecified atom stereocenters. The van der Waals surface area contributed by atoms with E-state index in [1.54, 1.807) is 11.3 Å². The summed E-state index contributed by atoms with van der Waals surface area (Å²) in [5, 5.41) is 5.52. The lowest BCUT2D eigenvalue weighted by Crippen LogP contribution is -2.40. The molecule has 3 rings (SSSR count). The minimum Gasteiger partial charge on any atom is -0.376 e. The van der Waals surface area contributed by atoms with Crippen molar-refractivity contribution in [1.82, 2.24) is 15.2 Å². The van der Waals surface area contributed by atoms with E-state index in [1.165, 1.54) is 5.56 Å². The van der Waals surface area contributed by atoms with Crippen LogP contribution in [0.5, 0.6) is 0 Å². The fourth-order valence-electron chi connectivity index (χ4n) is 3.12. The number of rotatable bonds is 9. The molecule has 1 atom stereocenters. The SMILES string of the molecule is CN=C(NCCCSc1nccs1)N1CCC(COCc2ccccc2)C1.I. The molecule has 1 aromatic heterocycles. The van der Waals surface area contributed by atoms with Crippen LogP contribution in [0.15, 0.2) is 51.2 Å². The summed E-state index contributed by atoms with van der Waals surface area (Å²) in [6.07, 6.45) is 4.12. The van der Waals surface area contributed by atoms with Crippen molar-refractivity contribution in [2.24, 2.45) is 10.9 Å². The van der Waals surface area contributed by atoms with E-state index in [2.05, 4.69) is 44.5 Å². The van der Waals surface area contributed by atoms with Crippen LogP contribution in [-0.4, -0.2) is 54.9 Å². The second-order valence-corrected chi connectivity index (χ2v) is 8.81. The Morgan fingerprint density at radius 3 is 3.00 bits per heavy atom. The molecule has 0 radical (unpaired) electrons. The monoisotopic (exact) mass is 532 g/mol. The molecule has 0 saturated carbocycles. The van der Waals surface area contributed by atoms with Crippen LogP contribution in [-0.2, 0) is 11.3 Å². The highest BCUT2D eigenvalue weighted by molar-refractivity contribution is 14.0. The summed E-state index contributed by atoms with van der Waals surface area (Å²) in [6, 6.07) is 10.4. The summed E-state index contributed by atoms with van der Waals surface area (Å²) < 4.78 is 7.07. The second-order valence-electron chi connectivity index (χ2n) is 6.58. The van der Waals surface area contributed by atoms with E-state index in [1.807, 2.05) is 36.5 Å². The number of thioether (sulfide) groups is 1. The van der Waals surface area contributed by atoms with Crippen LogP contribution in [0, 0.1) is 5.92 Å². The van der Waals surface area contributed by atoms with Crippen LogP contribution < -0.4 is 5.32 Å². The lowest BCUT2D eigenvalue weighted by molar-refractivity contribution is 0.0907. The van der Waals surface area contributed by atoms with Gasteiger partial charge in [0.1, 0.15) is 4.34 Å². The molecule has 154 valence electrons. The Bertz CT molecular complexity index is 685. The third-order valence-electron chi connectivity index (χ3n) is 4.50. The van der Waals surface area contributed by atoms with E-state index < -0.39 is 0 Å². The van der Waals surface area contributed by atoms with Crippen molar-refractivity contribution >= 4 is 53.0 Å². The lowest BCUT2D eigenvalue weighted by atomic mass is 10.1. The first kappa shape index (κ1) is 23.4. The average molecular weight is 533 g/mol. The van der Waals surface area contributed by atoms with Crippen LogP contribution in [0.4, 0.5) is 0 Å². The summed E-state index contributed by atoms with van der Waals surface area (Å²) in [6.45, 7) is 4.51. The molecule has 1 saturated heterocycles. The molecular formula is C20H29IN4OS2. The smallest absolute Gasteiger partial charge is 0.193 e. The third kappa shape index (κ3) is 7.88. The summed E-state index contributed by atoms with van der Waals surface area (Å²) in [7, 11) is 1.87. The van der Waals surface area contributed by atoms with Gasteiger partial charge in [-0.05, 0) is 18.4 Å². The van der Waals surface area contributed by atoms with Crippen LogP contribution in [0.3, 0.4) is 0 Å². The quantitative estimate of drug-likeness (QED) is 0.171. The normalized spacial score (nSPS) is 16.8. The van der Waals surface area contributed by atoms with Gasteiger partial charge in [0.05, 0.1) is 13.2 Å². The fraction of sp³-hybridized carbons (Fsp3) is 0.500. The molecule has 5 nitrogen and oxygen atoms in total. The lowest BCUT2D eigenvalue weighted by Gasteiger charge is -2.21. The van der Waals surface area contributed by atoms with Crippen molar-refractivity contribution in [3.63, 3.8) is 0 Å². The van der Waals surface area contributed by atoms with E-state index in [0.717, 1.165) is 55.1 Å². The van der Waals surface area contributed by atoms with Crippen molar-refractivity contribution in [2.75, 3.05) is 39.0 Å². The van der Waals surface area contributed by atoms with Crippen molar-refractivity contribution in [2.45, 2.75) is 23.8 Å². The van der Waals surface area contributed by atoms with Gasteiger partial charge in [-0.15, -0.1) is 35.3 Å². The Labute approximate surface area is 193 Å². The van der Waals surface area contributed by atoms with E-state index in [0.29, 0.717) is 12.5 Å². The molecule has 1 aliphatic heterocycles. The van der Waals surface area contributed by atoms with Gasteiger partial charge in [0.15, 0.2) is 5.96 Å². The standard InChI is InChI=1S/C20H28N4OS2.HI/c1-21-19(22-9-5-12-26-20-23-10-13-27-20)24-11-8-18(14-24)16-25-15-17-6-3-2-4-7-17;/h2-4,6-7,10,13,18H,5,8-9,11-12,14-16H2,1H3,(H,21,22);1H. The van der Waals surface area contributed by atoms with E-state index in [-0.39, 0.29) is 24.0 Å². The maximum absolute atomic E-state index is 5.92. The number of likely N-dealkylation sites (tertiary alicyclic amines) is 1. The number of thiazole rings is 1. The van der Waals surface area contributed by atoms with E-state index in [4.69, 9.17) is 4.74 Å². The third-order valence-corrected chi connectivity index (χ3v) is 6.55. The van der Waals surface area contributed by atoms with Gasteiger partial charge in [-0.25, -0.2) is 4.98 Å². The second kappa shape index (κ2) is 13.4. The highest BCUT2D eigenvalue weighted by Crippen LogP contribution is 2.20. The summed E-state index contributed by atoms with van der Waals surface area (Å²) >= 11 is 3.53. The molecule has 1 N–H and O–H groups in total. The molecule has 8 heteroatoms. The Balaban J connectivity index is 0.00000280. The maximum atomic E-state index is 5.92. The minimum absolute atomic E-state index is 0. The minimum atomic E-state index is 0. The Morgan fingerprint density at radius 2 is 2.25 bits per heavy atom. The van der Waals surface area contributed by atoms with Crippen molar-refractivity contribution in [1.29, 1.82) is 0 Å². The summed E-state index contributed by atoms with van der Waals surface area (Å²) in [5.41, 5.74) is 1.24. The van der Waals surface area contributed by atoms with Gasteiger partial charge < -0.3 is 15.0 Å². The number of halogens is 1. The first-order chi connectivity index (χ1) is 13.3. The van der Waals surface area contributed by atoms with Crippen LogP contribution in [0.2, 0.25) is 0 Å². The molecule has 0 amide bonds. The number of aliphatic imine (C=N–C) groups is 1. The number of nitrogens with one attached hydrogen (secondary N) is 1. The van der Waals surface area contributed by atoms with Gasteiger partial charge in [0.25, 0.3) is 0 Å². The first-order valence-corrected chi connectivity index (χ1v) is 11.3. The van der Waals surface area contributed by atoms with E-state index >= 15 is 0 Å². The zero-order valence-corrected chi connectivity index (χ0v) is 20.2. The molecular weight excluding hydrogens is 503 g/mol. The molecule has 1 aromatic carbocycles. The molecule has 1 aliphatic rings. The topological polar surface area (TPSA) is 49.8 Å². The predicted molar refractivity (Wildman–Crippen MR) is 130 cm³/mol. The van der Waals surface area contributed by atoms with Gasteiger partial charge in [-0.1, -0.05) is 42.1 Å². The molecule has 0 aliphatic carbocycles. The molecule has 2 aromatic rings. The highest BCUT2D eigenvalue weighted by Gasteiger charge is 2.24. The van der Waals surface area contributed by atoms with Crippen LogP contribution >= 0.6 is 47.1 Å². The van der Waals surface area contributed by atoms with Gasteiger partial charge in [-0.3, -0.25) is 4.99 Å². The van der Waals surface area contributed by atoms with Gasteiger partial charge in [0.2, 0.25) is 0 Å². The van der Waals surface area contributed by atoms with Crippen molar-refractivity contribution in [3.8, 4) is 0 Å². The van der Waals surface area contributed by atoms with Crippen molar-refractivity contribution < 1.29 is 4.74 Å². The number of benzene rings is 1. The number of hydrogen-bond acceptors (Lipinski definition) is 5. The van der Waals surface area contributed by atoms with E-state index in [9.17, 15) is 0 Å². The Hall–Kier alpha value is -0.840. The summed E-state index contributed by atoms with van der Waals surface area (Å²) in [5.74, 6) is 2.67. The number of guanidine groups is 1. The van der Waals surface area contributed by atoms with Crippen LogP contribution in [0.25, 0.3) is 0 Å². The molecule has 0 bridgehead atoms. The number of aromatic nitrogens is 1. The molecule has 1 fully saturated rings. The predicted octanol–water partition coefficient (Wildman–Crippen LogP) is 4.36.